The van der Waals surface area contributed by atoms with E-state index in [1.807, 2.05) is 25.1 Å². The topological polar surface area (TPSA) is 26.3 Å². The van der Waals surface area contributed by atoms with Gasteiger partial charge in [0.1, 0.15) is 19.2 Å². The van der Waals surface area contributed by atoms with E-state index in [1.165, 1.54) is 11.6 Å². The molecule has 0 aromatic heterocycles. The summed E-state index contributed by atoms with van der Waals surface area (Å²) >= 11 is 0. The molecular weight excluding hydrogens is 262 g/mol. The van der Waals surface area contributed by atoms with Crippen LogP contribution in [0.3, 0.4) is 0 Å². The van der Waals surface area contributed by atoms with Crippen molar-refractivity contribution in [3.8, 4) is 0 Å². The van der Waals surface area contributed by atoms with Crippen molar-refractivity contribution >= 4 is 5.97 Å². The van der Waals surface area contributed by atoms with E-state index in [9.17, 15) is 4.79 Å². The van der Waals surface area contributed by atoms with Crippen molar-refractivity contribution in [2.45, 2.75) is 19.6 Å². The number of rotatable bonds is 6. The highest BCUT2D eigenvalue weighted by molar-refractivity contribution is 5.81. The summed E-state index contributed by atoms with van der Waals surface area (Å²) in [6, 6.07) is 10.3. The summed E-state index contributed by atoms with van der Waals surface area (Å²) in [5.41, 5.74) is 1.28. The summed E-state index contributed by atoms with van der Waals surface area (Å²) in [5.74, 6) is -0.359. The van der Waals surface area contributed by atoms with Crippen LogP contribution in [0.4, 0.5) is 0 Å². The van der Waals surface area contributed by atoms with Gasteiger partial charge in [-0.3, -0.25) is 0 Å². The predicted molar refractivity (Wildman–Crippen MR) is 72.9 cm³/mol. The van der Waals surface area contributed by atoms with Gasteiger partial charge in [0.2, 0.25) is 0 Å². The lowest BCUT2D eigenvalue weighted by Crippen LogP contribution is -3.00. The molecule has 0 spiro atoms. The number of halogens is 1. The fraction of sp³-hybridized carbons (Fsp3) is 0.400. The zero-order chi connectivity index (χ0) is 13.6. The molecular formula is C15H22ClNO2. The maximum absolute atomic E-state index is 11.1. The van der Waals surface area contributed by atoms with Crippen LogP contribution < -0.4 is 12.4 Å². The molecule has 4 heteroatoms. The van der Waals surface area contributed by atoms with E-state index in [4.69, 9.17) is 4.74 Å². The van der Waals surface area contributed by atoms with Crippen LogP contribution in [0.15, 0.2) is 43.0 Å². The summed E-state index contributed by atoms with van der Waals surface area (Å²) in [7, 11) is 4.26. The Hall–Kier alpha value is -1.32. The molecule has 1 atom stereocenters. The summed E-state index contributed by atoms with van der Waals surface area (Å²) in [4.78, 5) is 11.1. The second-order valence-electron chi connectivity index (χ2n) is 5.21. The van der Waals surface area contributed by atoms with Crippen molar-refractivity contribution in [1.29, 1.82) is 0 Å². The highest BCUT2D eigenvalue weighted by Gasteiger charge is 2.21. The minimum Gasteiger partial charge on any atom is -1.00 e. The zero-order valence-corrected chi connectivity index (χ0v) is 12.6. The number of carbonyl (C=O) groups excluding carboxylic acids is 1. The monoisotopic (exact) mass is 283 g/mol. The van der Waals surface area contributed by atoms with Crippen molar-refractivity contribution in [3.05, 3.63) is 48.6 Å². The maximum atomic E-state index is 11.1. The SMILES string of the molecule is C=CC(=O)OC(C)C[N+](C)(C)Cc1ccccc1.[Cl-]. The summed E-state index contributed by atoms with van der Waals surface area (Å²) in [6.07, 6.45) is 1.09. The third kappa shape index (κ3) is 6.99. The molecule has 0 aliphatic heterocycles. The fourth-order valence-electron chi connectivity index (χ4n) is 2.12. The third-order valence-electron chi connectivity index (χ3n) is 2.69. The number of quaternary nitrogens is 1. The first-order chi connectivity index (χ1) is 8.43. The predicted octanol–water partition coefficient (Wildman–Crippen LogP) is -0.615. The van der Waals surface area contributed by atoms with E-state index in [0.29, 0.717) is 0 Å². The van der Waals surface area contributed by atoms with Gasteiger partial charge in [-0.2, -0.15) is 0 Å². The molecule has 1 aromatic carbocycles. The van der Waals surface area contributed by atoms with Gasteiger partial charge in [-0.05, 0) is 6.92 Å². The van der Waals surface area contributed by atoms with E-state index in [1.54, 1.807) is 0 Å². The molecule has 0 amide bonds. The Balaban J connectivity index is 0.00000324. The van der Waals surface area contributed by atoms with E-state index in [2.05, 4.69) is 32.8 Å². The first kappa shape index (κ1) is 17.7. The Morgan fingerprint density at radius 3 is 2.47 bits per heavy atom. The first-order valence-electron chi connectivity index (χ1n) is 6.12. The van der Waals surface area contributed by atoms with E-state index < -0.39 is 0 Å². The smallest absolute Gasteiger partial charge is 0.330 e. The van der Waals surface area contributed by atoms with Gasteiger partial charge in [0.25, 0.3) is 0 Å². The van der Waals surface area contributed by atoms with Crippen LogP contribution in [0.5, 0.6) is 0 Å². The molecule has 0 aliphatic rings. The van der Waals surface area contributed by atoms with Crippen molar-refractivity contribution in [3.63, 3.8) is 0 Å². The number of hydrogen-bond donors (Lipinski definition) is 0. The van der Waals surface area contributed by atoms with Crippen LogP contribution in [-0.4, -0.2) is 37.2 Å². The Morgan fingerprint density at radius 2 is 1.95 bits per heavy atom. The lowest BCUT2D eigenvalue weighted by Gasteiger charge is -2.32. The van der Waals surface area contributed by atoms with Gasteiger partial charge in [0.05, 0.1) is 14.1 Å². The zero-order valence-electron chi connectivity index (χ0n) is 11.8. The van der Waals surface area contributed by atoms with Crippen molar-refractivity contribution in [1.82, 2.24) is 0 Å². The highest BCUT2D eigenvalue weighted by Crippen LogP contribution is 2.11. The fourth-order valence-corrected chi connectivity index (χ4v) is 2.12. The van der Waals surface area contributed by atoms with Crippen molar-refractivity contribution < 1.29 is 26.4 Å². The number of ether oxygens (including phenoxy) is 1. The molecule has 1 unspecified atom stereocenters. The Labute approximate surface area is 121 Å². The second-order valence-corrected chi connectivity index (χ2v) is 5.21. The van der Waals surface area contributed by atoms with Crippen molar-refractivity contribution in [2.75, 3.05) is 20.6 Å². The van der Waals surface area contributed by atoms with E-state index >= 15 is 0 Å². The van der Waals surface area contributed by atoms with Gasteiger partial charge in [-0.1, -0.05) is 36.9 Å². The molecule has 0 saturated carbocycles. The van der Waals surface area contributed by atoms with Gasteiger partial charge >= 0.3 is 5.97 Å². The number of likely N-dealkylation sites (N-methyl/N-ethyl adjacent to an activating group) is 1. The quantitative estimate of drug-likeness (QED) is 0.395. The van der Waals surface area contributed by atoms with Gasteiger partial charge in [-0.25, -0.2) is 4.79 Å². The van der Waals surface area contributed by atoms with Crippen LogP contribution in [0.2, 0.25) is 0 Å². The van der Waals surface area contributed by atoms with E-state index in [-0.39, 0.29) is 24.5 Å². The molecule has 106 valence electrons. The van der Waals surface area contributed by atoms with Crippen LogP contribution >= 0.6 is 0 Å². The number of benzene rings is 1. The van der Waals surface area contributed by atoms with Crippen molar-refractivity contribution in [2.24, 2.45) is 0 Å². The normalized spacial score (nSPS) is 12.2. The lowest BCUT2D eigenvalue weighted by atomic mass is 10.2. The number of hydrogen-bond acceptors (Lipinski definition) is 2. The Bertz CT molecular complexity index is 404. The molecule has 0 radical (unpaired) electrons. The molecule has 1 rings (SSSR count). The summed E-state index contributed by atoms with van der Waals surface area (Å²) in [5, 5.41) is 0. The Kier molecular flexibility index (Phi) is 7.42. The van der Waals surface area contributed by atoms with Crippen LogP contribution in [0.25, 0.3) is 0 Å². The molecule has 0 N–H and O–H groups in total. The molecule has 0 fully saturated rings. The van der Waals surface area contributed by atoms with E-state index in [0.717, 1.165) is 17.6 Å². The first-order valence-corrected chi connectivity index (χ1v) is 6.12. The molecule has 3 nitrogen and oxygen atoms in total. The second kappa shape index (κ2) is 7.97. The van der Waals surface area contributed by atoms with Crippen LogP contribution in [0.1, 0.15) is 12.5 Å². The lowest BCUT2D eigenvalue weighted by molar-refractivity contribution is -0.906. The number of esters is 1. The van der Waals surface area contributed by atoms with Gasteiger partial charge in [0, 0.05) is 11.6 Å². The summed E-state index contributed by atoms with van der Waals surface area (Å²) < 4.78 is 5.97. The Morgan fingerprint density at radius 1 is 1.37 bits per heavy atom. The van der Waals surface area contributed by atoms with Gasteiger partial charge < -0.3 is 21.6 Å². The third-order valence-corrected chi connectivity index (χ3v) is 2.69. The molecule has 1 aromatic rings. The highest BCUT2D eigenvalue weighted by atomic mass is 35.5. The minimum atomic E-state index is -0.359. The van der Waals surface area contributed by atoms with Crippen LogP contribution in [-0.2, 0) is 16.1 Å². The standard InChI is InChI=1S/C15H22NO2.ClH/c1-5-15(17)18-13(2)11-16(3,4)12-14-9-7-6-8-10-14;/h5-10,13H,1,11-12H2,2-4H3;1H/q+1;/p-1. The van der Waals surface area contributed by atoms with Crippen LogP contribution in [0, 0.1) is 0 Å². The molecule has 0 heterocycles. The average Bonchev–Trinajstić information content (AvgIpc) is 2.28. The largest absolute Gasteiger partial charge is 1.00 e. The molecule has 19 heavy (non-hydrogen) atoms. The summed E-state index contributed by atoms with van der Waals surface area (Å²) in [6.45, 7) is 6.99. The maximum Gasteiger partial charge on any atom is 0.330 e. The number of carbonyl (C=O) groups is 1. The van der Waals surface area contributed by atoms with Gasteiger partial charge in [0.15, 0.2) is 0 Å². The molecule has 0 saturated heterocycles. The molecule has 0 bridgehead atoms. The van der Waals surface area contributed by atoms with Gasteiger partial charge in [-0.15, -0.1) is 0 Å². The minimum absolute atomic E-state index is 0. The number of nitrogens with zero attached hydrogens (tertiary/aromatic N) is 1. The molecule has 0 aliphatic carbocycles. The average molecular weight is 284 g/mol.